The fourth-order valence-electron chi connectivity index (χ4n) is 3.94. The van der Waals surface area contributed by atoms with Crippen LogP contribution in [-0.2, 0) is 17.8 Å². The number of aromatic nitrogens is 2. The van der Waals surface area contributed by atoms with E-state index >= 15 is 0 Å². The fourth-order valence-corrected chi connectivity index (χ4v) is 3.94. The number of amides is 2. The predicted molar refractivity (Wildman–Crippen MR) is 94.5 cm³/mol. The quantitative estimate of drug-likeness (QED) is 0.861. The van der Waals surface area contributed by atoms with Crippen LogP contribution in [0.1, 0.15) is 35.7 Å². The zero-order valence-electron chi connectivity index (χ0n) is 14.4. The Hall–Kier alpha value is -2.63. The van der Waals surface area contributed by atoms with Crippen LogP contribution in [0.2, 0.25) is 0 Å². The van der Waals surface area contributed by atoms with Crippen LogP contribution in [-0.4, -0.2) is 45.6 Å². The molecule has 0 N–H and O–H groups in total. The molecule has 1 atom stereocenters. The van der Waals surface area contributed by atoms with Crippen LogP contribution in [0.5, 0.6) is 0 Å². The Morgan fingerprint density at radius 3 is 2.92 bits per heavy atom. The number of anilines is 1. The normalized spacial score (nSPS) is 19.3. The number of carbonyl (C=O) groups is 2. The minimum Gasteiger partial charge on any atom is -0.334 e. The Morgan fingerprint density at radius 1 is 1.28 bits per heavy atom. The maximum atomic E-state index is 13.0. The summed E-state index contributed by atoms with van der Waals surface area (Å²) in [5.41, 5.74) is 2.75. The summed E-state index contributed by atoms with van der Waals surface area (Å²) < 4.78 is 1.89. The monoisotopic (exact) mass is 338 g/mol. The molecule has 1 aromatic heterocycles. The van der Waals surface area contributed by atoms with E-state index < -0.39 is 0 Å². The van der Waals surface area contributed by atoms with Crippen LogP contribution >= 0.6 is 0 Å². The molecular weight excluding hydrogens is 316 g/mol. The van der Waals surface area contributed by atoms with Gasteiger partial charge in [0.2, 0.25) is 5.91 Å². The first kappa shape index (κ1) is 15.9. The number of benzene rings is 1. The summed E-state index contributed by atoms with van der Waals surface area (Å²) in [4.78, 5) is 28.4. The maximum Gasteiger partial charge on any atom is 0.254 e. The third-order valence-electron chi connectivity index (χ3n) is 5.20. The minimum absolute atomic E-state index is 0.0525. The van der Waals surface area contributed by atoms with Crippen molar-refractivity contribution in [3.63, 3.8) is 0 Å². The highest BCUT2D eigenvalue weighted by Gasteiger charge is 2.31. The summed E-state index contributed by atoms with van der Waals surface area (Å²) in [5.74, 6) is 0.135. The van der Waals surface area contributed by atoms with Gasteiger partial charge in [0.25, 0.3) is 5.91 Å². The highest BCUT2D eigenvalue weighted by molar-refractivity contribution is 5.98. The SMILES string of the molecule is CC(=O)N1CCc2cc(C(=O)N3CCC[C@@H]3Cn3cccn3)ccc21. The van der Waals surface area contributed by atoms with Crippen LogP contribution in [0.4, 0.5) is 5.69 Å². The molecule has 0 saturated carbocycles. The van der Waals surface area contributed by atoms with E-state index in [1.165, 1.54) is 0 Å². The molecule has 0 spiro atoms. The van der Waals surface area contributed by atoms with E-state index in [2.05, 4.69) is 5.10 Å². The van der Waals surface area contributed by atoms with Gasteiger partial charge in [0, 0.05) is 43.7 Å². The zero-order valence-corrected chi connectivity index (χ0v) is 14.4. The van der Waals surface area contributed by atoms with Crippen LogP contribution in [0, 0.1) is 0 Å². The maximum absolute atomic E-state index is 13.0. The van der Waals surface area contributed by atoms with Crippen molar-refractivity contribution < 1.29 is 9.59 Å². The van der Waals surface area contributed by atoms with Gasteiger partial charge >= 0.3 is 0 Å². The molecule has 1 saturated heterocycles. The molecule has 6 nitrogen and oxygen atoms in total. The third kappa shape index (κ3) is 2.92. The van der Waals surface area contributed by atoms with Crippen molar-refractivity contribution in [1.29, 1.82) is 0 Å². The fraction of sp³-hybridized carbons (Fsp3) is 0.421. The molecule has 3 heterocycles. The largest absolute Gasteiger partial charge is 0.334 e. The third-order valence-corrected chi connectivity index (χ3v) is 5.20. The molecule has 0 aliphatic carbocycles. The molecule has 1 aromatic carbocycles. The highest BCUT2D eigenvalue weighted by atomic mass is 16.2. The lowest BCUT2D eigenvalue weighted by Gasteiger charge is -2.25. The highest BCUT2D eigenvalue weighted by Crippen LogP contribution is 2.30. The van der Waals surface area contributed by atoms with Gasteiger partial charge in [-0.15, -0.1) is 0 Å². The van der Waals surface area contributed by atoms with Crippen molar-refractivity contribution in [1.82, 2.24) is 14.7 Å². The molecule has 2 aromatic rings. The molecule has 130 valence electrons. The Bertz CT molecular complexity index is 800. The van der Waals surface area contributed by atoms with Gasteiger partial charge in [0.1, 0.15) is 0 Å². The van der Waals surface area contributed by atoms with Crippen LogP contribution in [0.25, 0.3) is 0 Å². The molecule has 2 amide bonds. The first-order valence-corrected chi connectivity index (χ1v) is 8.83. The molecular formula is C19H22N4O2. The summed E-state index contributed by atoms with van der Waals surface area (Å²) in [7, 11) is 0. The molecule has 25 heavy (non-hydrogen) atoms. The Kier molecular flexibility index (Phi) is 4.03. The molecule has 1 fully saturated rings. The standard InChI is InChI=1S/C19H22N4O2/c1-14(24)22-11-7-15-12-16(5-6-18(15)22)19(25)23-10-2-4-17(23)13-21-9-3-8-20-21/h3,5-6,8-9,12,17H,2,4,7,10-11,13H2,1H3/t17-/m1/s1. The van der Waals surface area contributed by atoms with Crippen LogP contribution in [0.15, 0.2) is 36.7 Å². The molecule has 2 aliphatic rings. The van der Waals surface area contributed by atoms with E-state index in [0.717, 1.165) is 49.2 Å². The van der Waals surface area contributed by atoms with E-state index in [1.807, 2.05) is 40.0 Å². The van der Waals surface area contributed by atoms with Crippen LogP contribution < -0.4 is 4.90 Å². The second-order valence-electron chi connectivity index (χ2n) is 6.79. The summed E-state index contributed by atoms with van der Waals surface area (Å²) in [6.45, 7) is 3.81. The zero-order chi connectivity index (χ0) is 17.4. The number of hydrogen-bond donors (Lipinski definition) is 0. The Labute approximate surface area is 147 Å². The van der Waals surface area contributed by atoms with Crippen molar-refractivity contribution >= 4 is 17.5 Å². The molecule has 0 bridgehead atoms. The smallest absolute Gasteiger partial charge is 0.254 e. The average Bonchev–Trinajstić information content (AvgIpc) is 3.34. The summed E-state index contributed by atoms with van der Waals surface area (Å²) >= 11 is 0. The lowest BCUT2D eigenvalue weighted by atomic mass is 10.1. The molecule has 2 aliphatic heterocycles. The number of fused-ring (bicyclic) bond motifs is 1. The molecule has 0 unspecified atom stereocenters. The van der Waals surface area contributed by atoms with E-state index in [9.17, 15) is 9.59 Å². The van der Waals surface area contributed by atoms with Crippen molar-refractivity contribution in [3.8, 4) is 0 Å². The van der Waals surface area contributed by atoms with E-state index in [1.54, 1.807) is 18.0 Å². The van der Waals surface area contributed by atoms with Gasteiger partial charge in [0.15, 0.2) is 0 Å². The lowest BCUT2D eigenvalue weighted by Crippen LogP contribution is -2.38. The number of rotatable bonds is 3. The van der Waals surface area contributed by atoms with E-state index in [-0.39, 0.29) is 17.9 Å². The topological polar surface area (TPSA) is 58.4 Å². The van der Waals surface area contributed by atoms with E-state index in [0.29, 0.717) is 6.54 Å². The number of nitrogens with zero attached hydrogens (tertiary/aromatic N) is 4. The van der Waals surface area contributed by atoms with Crippen molar-refractivity contribution in [3.05, 3.63) is 47.8 Å². The molecule has 0 radical (unpaired) electrons. The lowest BCUT2D eigenvalue weighted by molar-refractivity contribution is -0.116. The van der Waals surface area contributed by atoms with Gasteiger partial charge in [0.05, 0.1) is 12.6 Å². The molecule has 4 rings (SSSR count). The first-order valence-electron chi connectivity index (χ1n) is 8.83. The Balaban J connectivity index is 1.53. The second-order valence-corrected chi connectivity index (χ2v) is 6.79. The van der Waals surface area contributed by atoms with Crippen molar-refractivity contribution in [2.24, 2.45) is 0 Å². The summed E-state index contributed by atoms with van der Waals surface area (Å²) in [6, 6.07) is 7.82. The van der Waals surface area contributed by atoms with Crippen molar-refractivity contribution in [2.75, 3.05) is 18.0 Å². The second kappa shape index (κ2) is 6.35. The van der Waals surface area contributed by atoms with Gasteiger partial charge in [-0.25, -0.2) is 0 Å². The number of carbonyl (C=O) groups excluding carboxylic acids is 2. The Morgan fingerprint density at radius 2 is 2.16 bits per heavy atom. The predicted octanol–water partition coefficient (Wildman–Crippen LogP) is 2.10. The first-order chi connectivity index (χ1) is 12.1. The van der Waals surface area contributed by atoms with Gasteiger partial charge in [-0.1, -0.05) is 0 Å². The average molecular weight is 338 g/mol. The van der Waals surface area contributed by atoms with Crippen molar-refractivity contribution in [2.45, 2.75) is 38.8 Å². The van der Waals surface area contributed by atoms with Gasteiger partial charge in [-0.2, -0.15) is 5.10 Å². The van der Waals surface area contributed by atoms with E-state index in [4.69, 9.17) is 0 Å². The summed E-state index contributed by atoms with van der Waals surface area (Å²) in [6.07, 6.45) is 6.55. The number of likely N-dealkylation sites (tertiary alicyclic amines) is 1. The van der Waals surface area contributed by atoms with Gasteiger partial charge < -0.3 is 9.80 Å². The van der Waals surface area contributed by atoms with Gasteiger partial charge in [-0.05, 0) is 49.1 Å². The van der Waals surface area contributed by atoms with Crippen LogP contribution in [0.3, 0.4) is 0 Å². The summed E-state index contributed by atoms with van der Waals surface area (Å²) in [5, 5.41) is 4.26. The van der Waals surface area contributed by atoms with Gasteiger partial charge in [-0.3, -0.25) is 14.3 Å². The number of hydrogen-bond acceptors (Lipinski definition) is 3. The molecule has 6 heteroatoms. The minimum atomic E-state index is 0.0525.